The largest absolute Gasteiger partial charge is 1.00 e. The van der Waals surface area contributed by atoms with E-state index in [1.807, 2.05) is 5.43 Å². The van der Waals surface area contributed by atoms with E-state index < -0.39 is 39.8 Å². The van der Waals surface area contributed by atoms with Crippen molar-refractivity contribution in [3.05, 3.63) is 48.5 Å². The van der Waals surface area contributed by atoms with Gasteiger partial charge in [0.2, 0.25) is 0 Å². The van der Waals surface area contributed by atoms with Crippen LogP contribution in [0.2, 0.25) is 0 Å². The van der Waals surface area contributed by atoms with Crippen LogP contribution in [0.25, 0.3) is 0 Å². The molecule has 0 fully saturated rings. The zero-order valence-corrected chi connectivity index (χ0v) is 24.7. The van der Waals surface area contributed by atoms with Gasteiger partial charge in [-0.2, -0.15) is 17.6 Å². The summed E-state index contributed by atoms with van der Waals surface area (Å²) in [5.74, 6) is -17.5. The fourth-order valence-corrected chi connectivity index (χ4v) is 3.79. The van der Waals surface area contributed by atoms with Crippen molar-refractivity contribution in [2.45, 2.75) is 29.0 Å². The Morgan fingerprint density at radius 2 is 1.53 bits per heavy atom. The summed E-state index contributed by atoms with van der Waals surface area (Å²) in [6.45, 7) is 1.76. The molecule has 0 radical (unpaired) electrons. The SMILES string of the molecule is CSC(C)NC(=O)Nc1cccc(S(=O)(=O)Nc2ccc(NNC(=O)C(F)(F)C(F)(F)C(=O)[O-])cc2)c1.[K+]. The van der Waals surface area contributed by atoms with Crippen molar-refractivity contribution in [1.29, 1.82) is 0 Å². The van der Waals surface area contributed by atoms with E-state index in [2.05, 4.69) is 15.4 Å². The number of nitrogens with one attached hydrogen (secondary N) is 5. The van der Waals surface area contributed by atoms with Gasteiger partial charge in [0.05, 0.1) is 16.0 Å². The number of halogens is 4. The molecule has 5 N–H and O–H groups in total. The van der Waals surface area contributed by atoms with Crippen LogP contribution in [-0.4, -0.2) is 49.8 Å². The molecule has 18 heteroatoms. The molecule has 1 atom stereocenters. The Hall–Kier alpha value is -2.09. The summed E-state index contributed by atoms with van der Waals surface area (Å²) in [7, 11) is -4.14. The number of amides is 3. The Labute approximate surface area is 261 Å². The molecule has 0 saturated carbocycles. The molecule has 0 saturated heterocycles. The van der Waals surface area contributed by atoms with Gasteiger partial charge in [0.1, 0.15) is 5.97 Å². The number of sulfonamides is 1. The third-order valence-electron chi connectivity index (χ3n) is 4.48. The number of aliphatic carboxylic acids is 1. The molecule has 38 heavy (non-hydrogen) atoms. The van der Waals surface area contributed by atoms with Gasteiger partial charge in [-0.05, 0) is 55.6 Å². The van der Waals surface area contributed by atoms with Crippen LogP contribution in [0.1, 0.15) is 6.92 Å². The topological polar surface area (TPSA) is 169 Å². The van der Waals surface area contributed by atoms with Crippen molar-refractivity contribution in [3.63, 3.8) is 0 Å². The minimum atomic E-state index is -5.76. The zero-order chi connectivity index (χ0) is 28.0. The Morgan fingerprint density at radius 3 is 2.08 bits per heavy atom. The Balaban J connectivity index is 0.00000722. The van der Waals surface area contributed by atoms with Gasteiger partial charge in [-0.25, -0.2) is 13.2 Å². The van der Waals surface area contributed by atoms with Crippen molar-refractivity contribution >= 4 is 56.8 Å². The first kappa shape index (κ1) is 33.9. The number of carboxylic acids is 1. The molecular weight excluding hydrogens is 585 g/mol. The molecule has 2 rings (SSSR count). The molecule has 0 spiro atoms. The van der Waals surface area contributed by atoms with Gasteiger partial charge < -0.3 is 20.5 Å². The van der Waals surface area contributed by atoms with E-state index >= 15 is 0 Å². The van der Waals surface area contributed by atoms with Gasteiger partial charge in [0, 0.05) is 11.4 Å². The molecule has 2 aromatic rings. The van der Waals surface area contributed by atoms with E-state index in [9.17, 15) is 45.5 Å². The van der Waals surface area contributed by atoms with Gasteiger partial charge in [0.25, 0.3) is 10.0 Å². The van der Waals surface area contributed by atoms with Crippen LogP contribution < -0.4 is 82.7 Å². The van der Waals surface area contributed by atoms with Crippen molar-refractivity contribution in [2.75, 3.05) is 21.7 Å². The van der Waals surface area contributed by atoms with E-state index in [1.54, 1.807) is 13.2 Å². The van der Waals surface area contributed by atoms with Gasteiger partial charge in [-0.1, -0.05) is 6.07 Å². The van der Waals surface area contributed by atoms with E-state index in [4.69, 9.17) is 0 Å². The van der Waals surface area contributed by atoms with Crippen LogP contribution in [-0.2, 0) is 19.6 Å². The van der Waals surface area contributed by atoms with Crippen molar-refractivity contribution < 1.29 is 96.9 Å². The maximum Gasteiger partial charge on any atom is 1.00 e. The number of anilines is 3. The predicted molar refractivity (Wildman–Crippen MR) is 125 cm³/mol. The van der Waals surface area contributed by atoms with Crippen LogP contribution >= 0.6 is 11.8 Å². The molecule has 11 nitrogen and oxygen atoms in total. The zero-order valence-electron chi connectivity index (χ0n) is 20.0. The van der Waals surface area contributed by atoms with E-state index in [0.717, 1.165) is 24.3 Å². The van der Waals surface area contributed by atoms with E-state index in [-0.39, 0.29) is 78.7 Å². The third-order valence-corrected chi connectivity index (χ3v) is 6.69. The number of hydrogen-bond donors (Lipinski definition) is 5. The number of benzene rings is 2. The third kappa shape index (κ3) is 8.71. The van der Waals surface area contributed by atoms with Crippen molar-refractivity contribution in [3.8, 4) is 0 Å². The maximum absolute atomic E-state index is 13.4. The van der Waals surface area contributed by atoms with Gasteiger partial charge >= 0.3 is 75.2 Å². The Morgan fingerprint density at radius 1 is 0.947 bits per heavy atom. The summed E-state index contributed by atoms with van der Waals surface area (Å²) in [5, 5.41) is 15.1. The number of carbonyl (C=O) groups is 3. The minimum absolute atomic E-state index is 0. The number of carbonyl (C=O) groups excluding carboxylic acids is 3. The molecular formula is C20H20F4KN5O6S2. The number of hydrogen-bond acceptors (Lipinski definition) is 8. The summed E-state index contributed by atoms with van der Waals surface area (Å²) < 4.78 is 80.5. The summed E-state index contributed by atoms with van der Waals surface area (Å²) in [4.78, 5) is 33.3. The van der Waals surface area contributed by atoms with Gasteiger partial charge in [-0.15, -0.1) is 11.8 Å². The smallest absolute Gasteiger partial charge is 0.544 e. The molecule has 3 amide bonds. The van der Waals surface area contributed by atoms with Crippen LogP contribution in [0.5, 0.6) is 0 Å². The van der Waals surface area contributed by atoms with Crippen LogP contribution in [0.15, 0.2) is 53.4 Å². The average Bonchev–Trinajstić information content (AvgIpc) is 2.82. The quantitative estimate of drug-likeness (QED) is 0.0920. The number of rotatable bonds is 11. The molecule has 0 aliphatic rings. The van der Waals surface area contributed by atoms with Crippen molar-refractivity contribution in [2.24, 2.45) is 0 Å². The fraction of sp³-hybridized carbons (Fsp3) is 0.250. The first-order chi connectivity index (χ1) is 17.1. The van der Waals surface area contributed by atoms with Gasteiger partial charge in [-0.3, -0.25) is 20.4 Å². The summed E-state index contributed by atoms with van der Waals surface area (Å²) in [6.07, 6.45) is 1.79. The summed E-state index contributed by atoms with van der Waals surface area (Å²) >= 11 is 1.39. The normalized spacial score (nSPS) is 12.4. The van der Waals surface area contributed by atoms with Crippen molar-refractivity contribution in [1.82, 2.24) is 10.7 Å². The fourth-order valence-electron chi connectivity index (χ4n) is 2.47. The minimum Gasteiger partial charge on any atom is -0.544 e. The molecule has 0 aromatic heterocycles. The number of thioether (sulfide) groups is 1. The molecule has 0 bridgehead atoms. The summed E-state index contributed by atoms with van der Waals surface area (Å²) in [5.41, 5.74) is 3.17. The number of carboxylic acid groups (broad SMARTS) is 1. The summed E-state index contributed by atoms with van der Waals surface area (Å²) in [6, 6.07) is 9.31. The van der Waals surface area contributed by atoms with E-state index in [1.165, 1.54) is 41.5 Å². The first-order valence-corrected chi connectivity index (χ1v) is 12.7. The van der Waals surface area contributed by atoms with Crippen LogP contribution in [0, 0.1) is 0 Å². The maximum atomic E-state index is 13.4. The van der Waals surface area contributed by atoms with E-state index in [0.29, 0.717) is 0 Å². The Bertz CT molecular complexity index is 1270. The van der Waals surface area contributed by atoms with Gasteiger partial charge in [0.15, 0.2) is 0 Å². The number of urea groups is 1. The predicted octanol–water partition coefficient (Wildman–Crippen LogP) is -1.21. The first-order valence-electron chi connectivity index (χ1n) is 9.97. The molecule has 0 heterocycles. The van der Waals surface area contributed by atoms with Crippen LogP contribution in [0.4, 0.5) is 39.4 Å². The monoisotopic (exact) mass is 605 g/mol. The second-order valence-electron chi connectivity index (χ2n) is 7.20. The average molecular weight is 606 g/mol. The molecule has 202 valence electrons. The number of hydrazine groups is 1. The number of alkyl halides is 4. The molecule has 0 aliphatic carbocycles. The Kier molecular flexibility index (Phi) is 12.3. The van der Waals surface area contributed by atoms with Crippen LogP contribution in [0.3, 0.4) is 0 Å². The molecule has 1 unspecified atom stereocenters. The molecule has 2 aromatic carbocycles. The standard InChI is InChI=1S/C20H21F4N5O6S2.K/c1-11(36-2)25-18(33)26-14-4-3-5-15(10-14)37(34,35)29-13-8-6-12(7-9-13)27-28-16(30)19(21,22)20(23,24)17(31)32;/h3-11,27,29H,1-2H3,(H,28,30)(H,31,32)(H2,25,26,33);/q;+1/p-1. The second-order valence-corrected chi connectivity index (χ2v) is 10.1. The molecule has 0 aliphatic heterocycles. The second kappa shape index (κ2) is 13.8.